The number of nitrogens with zero attached hydrogens (tertiary/aromatic N) is 2. The fraction of sp³-hybridized carbons (Fsp3) is 0.115. The first kappa shape index (κ1) is 22.3. The summed E-state index contributed by atoms with van der Waals surface area (Å²) in [5.74, 6) is 1.67. The highest BCUT2D eigenvalue weighted by Crippen LogP contribution is 2.24. The lowest BCUT2D eigenvalue weighted by Gasteiger charge is -2.11. The highest BCUT2D eigenvalue weighted by Gasteiger charge is 2.08. The quantitative estimate of drug-likeness (QED) is 0.346. The van der Waals surface area contributed by atoms with Gasteiger partial charge in [-0.3, -0.25) is 4.79 Å². The van der Waals surface area contributed by atoms with E-state index < -0.39 is 0 Å². The second-order valence-electron chi connectivity index (χ2n) is 7.51. The summed E-state index contributed by atoms with van der Waals surface area (Å²) < 4.78 is 5.57. The van der Waals surface area contributed by atoms with Gasteiger partial charge in [-0.15, -0.1) is 0 Å². The Balaban J connectivity index is 1.41. The lowest BCUT2D eigenvalue weighted by atomic mass is 10.1. The molecular weight excluding hydrogens is 436 g/mol. The molecule has 1 heterocycles. The van der Waals surface area contributed by atoms with Crippen LogP contribution in [-0.4, -0.2) is 22.5 Å². The van der Waals surface area contributed by atoms with E-state index in [2.05, 4.69) is 20.6 Å². The monoisotopic (exact) mass is 458 g/mol. The maximum absolute atomic E-state index is 12.4. The van der Waals surface area contributed by atoms with E-state index in [1.807, 2.05) is 74.5 Å². The van der Waals surface area contributed by atoms with Crippen molar-refractivity contribution < 1.29 is 9.53 Å². The normalized spacial score (nSPS) is 10.5. The van der Waals surface area contributed by atoms with Crippen molar-refractivity contribution in [3.63, 3.8) is 0 Å². The zero-order valence-corrected chi connectivity index (χ0v) is 19.1. The molecule has 1 aromatic heterocycles. The van der Waals surface area contributed by atoms with E-state index in [1.54, 1.807) is 18.2 Å². The van der Waals surface area contributed by atoms with Gasteiger partial charge in [-0.2, -0.15) is 0 Å². The molecule has 3 aromatic carbocycles. The topological polar surface area (TPSA) is 76.1 Å². The van der Waals surface area contributed by atoms with Crippen LogP contribution in [0, 0.1) is 13.8 Å². The first-order valence-electron chi connectivity index (χ1n) is 10.4. The van der Waals surface area contributed by atoms with Crippen LogP contribution >= 0.6 is 11.6 Å². The average Bonchev–Trinajstić information content (AvgIpc) is 2.80. The van der Waals surface area contributed by atoms with Gasteiger partial charge in [0.25, 0.3) is 5.91 Å². The molecule has 7 heteroatoms. The number of hydrogen-bond donors (Lipinski definition) is 2. The zero-order chi connectivity index (χ0) is 23.2. The standard InChI is InChI=1S/C26H23ClN4O2/c1-17-13-22(11-12-23(17)27)33-16-26(32)31-21-10-6-9-20(14-21)30-25-15-24(28-18(2)29-25)19-7-4-3-5-8-19/h3-15H,16H2,1-2H3,(H,31,32)(H,28,29,30). The molecular formula is C26H23ClN4O2. The molecule has 33 heavy (non-hydrogen) atoms. The van der Waals surface area contributed by atoms with Crippen LogP contribution < -0.4 is 15.4 Å². The number of benzene rings is 3. The van der Waals surface area contributed by atoms with Gasteiger partial charge in [0.2, 0.25) is 0 Å². The smallest absolute Gasteiger partial charge is 0.262 e. The number of ether oxygens (including phenoxy) is 1. The predicted octanol–water partition coefficient (Wildman–Crippen LogP) is 6.17. The summed E-state index contributed by atoms with van der Waals surface area (Å²) in [6.07, 6.45) is 0. The second kappa shape index (κ2) is 10.1. The first-order chi connectivity index (χ1) is 16.0. The molecule has 0 radical (unpaired) electrons. The van der Waals surface area contributed by atoms with Crippen molar-refractivity contribution >= 4 is 34.7 Å². The molecule has 0 spiro atoms. The van der Waals surface area contributed by atoms with Gasteiger partial charge >= 0.3 is 0 Å². The van der Waals surface area contributed by atoms with E-state index in [9.17, 15) is 4.79 Å². The van der Waals surface area contributed by atoms with Crippen molar-refractivity contribution in [2.45, 2.75) is 13.8 Å². The van der Waals surface area contributed by atoms with Gasteiger partial charge in [0.05, 0.1) is 5.69 Å². The van der Waals surface area contributed by atoms with Gasteiger partial charge < -0.3 is 15.4 Å². The number of carbonyl (C=O) groups excluding carboxylic acids is 1. The van der Waals surface area contributed by atoms with Crippen LogP contribution in [0.25, 0.3) is 11.3 Å². The van der Waals surface area contributed by atoms with Crippen LogP contribution in [0.15, 0.2) is 78.9 Å². The number of halogens is 1. The number of hydrogen-bond acceptors (Lipinski definition) is 5. The van der Waals surface area contributed by atoms with Crippen LogP contribution in [-0.2, 0) is 4.79 Å². The molecule has 0 aliphatic carbocycles. The third-order valence-electron chi connectivity index (χ3n) is 4.83. The Bertz CT molecular complexity index is 1280. The maximum atomic E-state index is 12.4. The Labute approximate surface area is 197 Å². The molecule has 166 valence electrons. The van der Waals surface area contributed by atoms with Crippen LogP contribution in [0.3, 0.4) is 0 Å². The third kappa shape index (κ3) is 6.08. The van der Waals surface area contributed by atoms with Crippen LogP contribution in [0.2, 0.25) is 5.02 Å². The molecule has 4 aromatic rings. The minimum atomic E-state index is -0.260. The van der Waals surface area contributed by atoms with Gasteiger partial charge in [-0.25, -0.2) is 9.97 Å². The van der Waals surface area contributed by atoms with Gasteiger partial charge in [0, 0.05) is 28.0 Å². The van der Waals surface area contributed by atoms with Crippen molar-refractivity contribution in [2.24, 2.45) is 0 Å². The Morgan fingerprint density at radius 3 is 2.48 bits per heavy atom. The van der Waals surface area contributed by atoms with E-state index >= 15 is 0 Å². The minimum absolute atomic E-state index is 0.107. The summed E-state index contributed by atoms with van der Waals surface area (Å²) in [4.78, 5) is 21.4. The zero-order valence-electron chi connectivity index (χ0n) is 18.3. The molecule has 4 rings (SSSR count). The van der Waals surface area contributed by atoms with Gasteiger partial charge in [0.15, 0.2) is 6.61 Å². The Kier molecular flexibility index (Phi) is 6.86. The van der Waals surface area contributed by atoms with E-state index in [-0.39, 0.29) is 12.5 Å². The molecule has 6 nitrogen and oxygen atoms in total. The fourth-order valence-corrected chi connectivity index (χ4v) is 3.38. The summed E-state index contributed by atoms with van der Waals surface area (Å²) in [5.41, 5.74) is 4.19. The predicted molar refractivity (Wildman–Crippen MR) is 132 cm³/mol. The van der Waals surface area contributed by atoms with Crippen molar-refractivity contribution in [3.8, 4) is 17.0 Å². The lowest BCUT2D eigenvalue weighted by Crippen LogP contribution is -2.20. The summed E-state index contributed by atoms with van der Waals surface area (Å²) in [7, 11) is 0. The summed E-state index contributed by atoms with van der Waals surface area (Å²) in [6, 6.07) is 24.5. The molecule has 0 fully saturated rings. The number of aromatic nitrogens is 2. The average molecular weight is 459 g/mol. The maximum Gasteiger partial charge on any atom is 0.262 e. The Morgan fingerprint density at radius 1 is 0.909 bits per heavy atom. The van der Waals surface area contributed by atoms with Gasteiger partial charge in [0.1, 0.15) is 17.4 Å². The molecule has 0 unspecified atom stereocenters. The first-order valence-corrected chi connectivity index (χ1v) is 10.8. The van der Waals surface area contributed by atoms with Crippen LogP contribution in [0.4, 0.5) is 17.2 Å². The minimum Gasteiger partial charge on any atom is -0.484 e. The fourth-order valence-electron chi connectivity index (χ4n) is 3.26. The van der Waals surface area contributed by atoms with Crippen molar-refractivity contribution in [3.05, 3.63) is 95.3 Å². The Morgan fingerprint density at radius 2 is 1.70 bits per heavy atom. The van der Waals surface area contributed by atoms with E-state index in [0.29, 0.717) is 28.1 Å². The van der Waals surface area contributed by atoms with Crippen molar-refractivity contribution in [2.75, 3.05) is 17.2 Å². The van der Waals surface area contributed by atoms with Crippen molar-refractivity contribution in [1.82, 2.24) is 9.97 Å². The van der Waals surface area contributed by atoms with E-state index in [1.165, 1.54) is 0 Å². The molecule has 0 saturated carbocycles. The molecule has 0 saturated heterocycles. The second-order valence-corrected chi connectivity index (χ2v) is 7.91. The number of aryl methyl sites for hydroxylation is 2. The van der Waals surface area contributed by atoms with E-state index in [4.69, 9.17) is 16.3 Å². The molecule has 1 amide bonds. The number of carbonyl (C=O) groups is 1. The number of anilines is 3. The van der Waals surface area contributed by atoms with Crippen LogP contribution in [0.1, 0.15) is 11.4 Å². The number of nitrogens with one attached hydrogen (secondary N) is 2. The van der Waals surface area contributed by atoms with Crippen molar-refractivity contribution in [1.29, 1.82) is 0 Å². The molecule has 0 bridgehead atoms. The lowest BCUT2D eigenvalue weighted by molar-refractivity contribution is -0.118. The number of amides is 1. The summed E-state index contributed by atoms with van der Waals surface area (Å²) >= 11 is 6.02. The molecule has 0 atom stereocenters. The molecule has 0 aliphatic rings. The summed E-state index contributed by atoms with van der Waals surface area (Å²) in [5, 5.41) is 6.80. The number of rotatable bonds is 7. The highest BCUT2D eigenvalue weighted by molar-refractivity contribution is 6.31. The largest absolute Gasteiger partial charge is 0.484 e. The van der Waals surface area contributed by atoms with Crippen LogP contribution in [0.5, 0.6) is 5.75 Å². The Hall–Kier alpha value is -3.90. The molecule has 2 N–H and O–H groups in total. The van der Waals surface area contributed by atoms with Gasteiger partial charge in [-0.1, -0.05) is 48.0 Å². The highest BCUT2D eigenvalue weighted by atomic mass is 35.5. The van der Waals surface area contributed by atoms with E-state index in [0.717, 1.165) is 22.5 Å². The SMILES string of the molecule is Cc1nc(Nc2cccc(NC(=O)COc3ccc(Cl)c(C)c3)c2)cc(-c2ccccc2)n1. The summed E-state index contributed by atoms with van der Waals surface area (Å²) in [6.45, 7) is 3.64. The van der Waals surface area contributed by atoms with Gasteiger partial charge in [-0.05, 0) is 55.8 Å². The third-order valence-corrected chi connectivity index (χ3v) is 5.25. The molecule has 0 aliphatic heterocycles.